The molecular formula is C27H29NO6. The van der Waals surface area contributed by atoms with Crippen LogP contribution in [0.25, 0.3) is 10.9 Å². The van der Waals surface area contributed by atoms with Crippen LogP contribution in [0.1, 0.15) is 35.6 Å². The molecule has 0 saturated carbocycles. The summed E-state index contributed by atoms with van der Waals surface area (Å²) in [4.78, 5) is 39.5. The number of methoxy groups -OCH3 is 3. The lowest BCUT2D eigenvalue weighted by Crippen LogP contribution is -2.46. The van der Waals surface area contributed by atoms with Gasteiger partial charge in [0, 0.05) is 36.0 Å². The molecule has 0 radical (unpaired) electrons. The summed E-state index contributed by atoms with van der Waals surface area (Å²) in [5.41, 5.74) is 2.29. The second kappa shape index (κ2) is 9.33. The molecule has 1 aromatic heterocycles. The second-order valence-corrected chi connectivity index (χ2v) is 8.80. The van der Waals surface area contributed by atoms with Crippen molar-refractivity contribution in [1.82, 2.24) is 4.57 Å². The van der Waals surface area contributed by atoms with Crippen LogP contribution in [-0.2, 0) is 42.1 Å². The van der Waals surface area contributed by atoms with Crippen molar-refractivity contribution in [1.29, 1.82) is 0 Å². The van der Waals surface area contributed by atoms with Gasteiger partial charge < -0.3 is 18.8 Å². The van der Waals surface area contributed by atoms with Crippen molar-refractivity contribution in [2.45, 2.75) is 25.2 Å². The van der Waals surface area contributed by atoms with Gasteiger partial charge in [0.2, 0.25) is 0 Å². The van der Waals surface area contributed by atoms with Gasteiger partial charge in [0.05, 0.1) is 27.2 Å². The zero-order chi connectivity index (χ0) is 24.5. The molecular weight excluding hydrogens is 434 g/mol. The Balaban J connectivity index is 2.06. The standard InChI is InChI=1S/C27H29NO6/c1-28-21-13-9-8-12-19(21)23-20(17-10-6-5-7-11-17)16-27(25(30)33-3,26(31)34-4)15-18(14-22(23)28)24(29)32-2/h5-13,18,20H,14-16H2,1-4H3/t18-,20+/m0/s1. The molecule has 0 fully saturated rings. The Morgan fingerprint density at radius 2 is 1.47 bits per heavy atom. The van der Waals surface area contributed by atoms with Crippen molar-refractivity contribution in [3.63, 3.8) is 0 Å². The average molecular weight is 464 g/mol. The van der Waals surface area contributed by atoms with Crippen LogP contribution in [-0.4, -0.2) is 43.8 Å². The van der Waals surface area contributed by atoms with Crippen LogP contribution >= 0.6 is 0 Å². The fraction of sp³-hybridized carbons (Fsp3) is 0.370. The van der Waals surface area contributed by atoms with E-state index in [0.717, 1.165) is 27.7 Å². The van der Waals surface area contributed by atoms with Crippen LogP contribution in [0.5, 0.6) is 0 Å². The van der Waals surface area contributed by atoms with Gasteiger partial charge in [-0.1, -0.05) is 48.5 Å². The third-order valence-electron chi connectivity index (χ3n) is 7.10. The number of hydrogen-bond acceptors (Lipinski definition) is 6. The Hall–Kier alpha value is -3.61. The summed E-state index contributed by atoms with van der Waals surface area (Å²) in [5, 5.41) is 1.02. The van der Waals surface area contributed by atoms with E-state index in [9.17, 15) is 14.4 Å². The molecule has 3 aromatic rings. The number of benzene rings is 2. The lowest BCUT2D eigenvalue weighted by atomic mass is 9.66. The molecule has 0 saturated heterocycles. The predicted octanol–water partition coefficient (Wildman–Crippen LogP) is 3.77. The van der Waals surface area contributed by atoms with Gasteiger partial charge >= 0.3 is 17.9 Å². The highest BCUT2D eigenvalue weighted by Crippen LogP contribution is 2.49. The number of rotatable bonds is 4. The maximum absolute atomic E-state index is 13.3. The van der Waals surface area contributed by atoms with Crippen LogP contribution in [0, 0.1) is 11.3 Å². The molecule has 4 rings (SSSR count). The smallest absolute Gasteiger partial charge is 0.323 e. The first kappa shape index (κ1) is 23.5. The number of fused-ring (bicyclic) bond motifs is 3. The number of aryl methyl sites for hydroxylation is 1. The Labute approximate surface area is 198 Å². The number of nitrogens with zero attached hydrogens (tertiary/aromatic N) is 1. The first-order valence-corrected chi connectivity index (χ1v) is 11.2. The first-order chi connectivity index (χ1) is 16.4. The molecule has 1 aliphatic rings. The van der Waals surface area contributed by atoms with Crippen molar-refractivity contribution >= 4 is 28.8 Å². The summed E-state index contributed by atoms with van der Waals surface area (Å²) in [5.74, 6) is -2.94. The molecule has 1 aliphatic carbocycles. The summed E-state index contributed by atoms with van der Waals surface area (Å²) >= 11 is 0. The maximum Gasteiger partial charge on any atom is 0.323 e. The Morgan fingerprint density at radius 1 is 0.853 bits per heavy atom. The molecule has 0 bridgehead atoms. The number of ether oxygens (including phenoxy) is 3. The summed E-state index contributed by atoms with van der Waals surface area (Å²) in [6.45, 7) is 0. The van der Waals surface area contributed by atoms with Crippen molar-refractivity contribution in [3.8, 4) is 0 Å². The maximum atomic E-state index is 13.3. The van der Waals surface area contributed by atoms with Gasteiger partial charge in [-0.15, -0.1) is 0 Å². The number of para-hydroxylation sites is 1. The molecule has 0 aliphatic heterocycles. The van der Waals surface area contributed by atoms with Crippen molar-refractivity contribution in [2.75, 3.05) is 21.3 Å². The molecule has 1 heterocycles. The van der Waals surface area contributed by atoms with Gasteiger partial charge in [0.15, 0.2) is 5.41 Å². The zero-order valence-corrected chi connectivity index (χ0v) is 19.9. The minimum Gasteiger partial charge on any atom is -0.469 e. The summed E-state index contributed by atoms with van der Waals surface area (Å²) in [7, 11) is 5.79. The van der Waals surface area contributed by atoms with E-state index >= 15 is 0 Å². The predicted molar refractivity (Wildman–Crippen MR) is 126 cm³/mol. The normalized spacial score (nSPS) is 19.4. The number of esters is 3. The fourth-order valence-electron chi connectivity index (χ4n) is 5.48. The lowest BCUT2D eigenvalue weighted by Gasteiger charge is -2.36. The fourth-order valence-corrected chi connectivity index (χ4v) is 5.48. The molecule has 7 nitrogen and oxygen atoms in total. The molecule has 0 N–H and O–H groups in total. The van der Waals surface area contributed by atoms with E-state index in [0.29, 0.717) is 6.42 Å². The highest BCUT2D eigenvalue weighted by Gasteiger charge is 2.54. The van der Waals surface area contributed by atoms with Crippen LogP contribution in [0.4, 0.5) is 0 Å². The van der Waals surface area contributed by atoms with Crippen molar-refractivity contribution < 1.29 is 28.6 Å². The second-order valence-electron chi connectivity index (χ2n) is 8.80. The summed E-state index contributed by atoms with van der Waals surface area (Å²) < 4.78 is 17.5. The average Bonchev–Trinajstić information content (AvgIpc) is 3.14. The van der Waals surface area contributed by atoms with E-state index < -0.39 is 29.2 Å². The minimum absolute atomic E-state index is 0.0662. The molecule has 0 amide bonds. The largest absolute Gasteiger partial charge is 0.469 e. The Kier molecular flexibility index (Phi) is 6.46. The molecule has 0 unspecified atom stereocenters. The van der Waals surface area contributed by atoms with Gasteiger partial charge in [-0.2, -0.15) is 0 Å². The van der Waals surface area contributed by atoms with E-state index in [-0.39, 0.29) is 18.8 Å². The topological polar surface area (TPSA) is 83.8 Å². The van der Waals surface area contributed by atoms with Crippen LogP contribution in [0.2, 0.25) is 0 Å². The molecule has 2 atom stereocenters. The SMILES string of the molecule is COC(=O)[C@H]1Cc2c(c3ccccc3n2C)[C@@H](c2ccccc2)CC(C(=O)OC)(C(=O)OC)C1. The zero-order valence-electron chi connectivity index (χ0n) is 19.9. The van der Waals surface area contributed by atoms with Crippen LogP contribution in [0.3, 0.4) is 0 Å². The molecule has 2 aromatic carbocycles. The quantitative estimate of drug-likeness (QED) is 0.333. The lowest BCUT2D eigenvalue weighted by molar-refractivity contribution is -0.172. The van der Waals surface area contributed by atoms with E-state index in [1.54, 1.807) is 0 Å². The monoisotopic (exact) mass is 463 g/mol. The van der Waals surface area contributed by atoms with E-state index in [1.807, 2.05) is 61.6 Å². The number of aromatic nitrogens is 1. The Morgan fingerprint density at radius 3 is 2.09 bits per heavy atom. The summed E-state index contributed by atoms with van der Waals surface area (Å²) in [6, 6.07) is 17.8. The molecule has 0 spiro atoms. The van der Waals surface area contributed by atoms with E-state index in [2.05, 4.69) is 4.57 Å². The number of carbonyl (C=O) groups is 3. The van der Waals surface area contributed by atoms with Gasteiger partial charge in [-0.3, -0.25) is 14.4 Å². The van der Waals surface area contributed by atoms with Crippen LogP contribution in [0.15, 0.2) is 54.6 Å². The highest BCUT2D eigenvalue weighted by atomic mass is 16.5. The number of carbonyl (C=O) groups excluding carboxylic acids is 3. The molecule has 34 heavy (non-hydrogen) atoms. The van der Waals surface area contributed by atoms with E-state index in [1.165, 1.54) is 21.3 Å². The van der Waals surface area contributed by atoms with Gasteiger partial charge in [0.25, 0.3) is 0 Å². The van der Waals surface area contributed by atoms with Gasteiger partial charge in [-0.05, 0) is 30.0 Å². The highest BCUT2D eigenvalue weighted by molar-refractivity contribution is 6.01. The third-order valence-corrected chi connectivity index (χ3v) is 7.10. The van der Waals surface area contributed by atoms with Crippen molar-refractivity contribution in [3.05, 3.63) is 71.4 Å². The third kappa shape index (κ3) is 3.75. The van der Waals surface area contributed by atoms with E-state index in [4.69, 9.17) is 14.2 Å². The minimum atomic E-state index is -1.67. The van der Waals surface area contributed by atoms with Gasteiger partial charge in [-0.25, -0.2) is 0 Å². The summed E-state index contributed by atoms with van der Waals surface area (Å²) in [6.07, 6.45) is 0.348. The van der Waals surface area contributed by atoms with Crippen molar-refractivity contribution in [2.24, 2.45) is 18.4 Å². The molecule has 178 valence electrons. The Bertz CT molecular complexity index is 1210. The molecule has 7 heteroatoms. The number of hydrogen-bond donors (Lipinski definition) is 0. The van der Waals surface area contributed by atoms with Gasteiger partial charge in [0.1, 0.15) is 0 Å². The van der Waals surface area contributed by atoms with Crippen LogP contribution < -0.4 is 0 Å². The first-order valence-electron chi connectivity index (χ1n) is 11.2.